The fourth-order valence-corrected chi connectivity index (χ4v) is 2.55. The molecule has 3 amide bonds. The molecule has 1 aromatic carbocycles. The molecule has 0 radical (unpaired) electrons. The molecule has 6 nitrogen and oxygen atoms in total. The van der Waals surface area contributed by atoms with Gasteiger partial charge in [0.05, 0.1) is 5.92 Å². The van der Waals surface area contributed by atoms with Crippen molar-refractivity contribution < 1.29 is 14.4 Å². The summed E-state index contributed by atoms with van der Waals surface area (Å²) in [6.07, 6.45) is 1.02. The van der Waals surface area contributed by atoms with Gasteiger partial charge in [-0.3, -0.25) is 14.4 Å². The number of hydrogen-bond donors (Lipinski definition) is 2. The predicted molar refractivity (Wildman–Crippen MR) is 87.7 cm³/mol. The Kier molecular flexibility index (Phi) is 4.73. The zero-order valence-electron chi connectivity index (χ0n) is 13.8. The van der Waals surface area contributed by atoms with Gasteiger partial charge in [0.2, 0.25) is 17.7 Å². The molecule has 0 saturated carbocycles. The molecule has 6 heteroatoms. The molecule has 124 valence electrons. The lowest BCUT2D eigenvalue weighted by molar-refractivity contribution is -0.132. The van der Waals surface area contributed by atoms with Crippen molar-refractivity contribution in [2.45, 2.75) is 39.2 Å². The average molecular weight is 317 g/mol. The van der Waals surface area contributed by atoms with Gasteiger partial charge in [0.1, 0.15) is 5.54 Å². The highest BCUT2D eigenvalue weighted by molar-refractivity contribution is 6.01. The first-order chi connectivity index (χ1) is 10.7. The van der Waals surface area contributed by atoms with E-state index in [-0.39, 0.29) is 18.2 Å². The maximum absolute atomic E-state index is 12.3. The van der Waals surface area contributed by atoms with E-state index in [0.29, 0.717) is 6.54 Å². The Balaban J connectivity index is 2.10. The molecule has 1 atom stereocenters. The van der Waals surface area contributed by atoms with Crippen molar-refractivity contribution in [3.63, 3.8) is 0 Å². The van der Waals surface area contributed by atoms with Crippen LogP contribution in [0.4, 0.5) is 5.69 Å². The molecule has 1 aromatic rings. The average Bonchev–Trinajstić information content (AvgIpc) is 2.89. The van der Waals surface area contributed by atoms with Crippen molar-refractivity contribution in [3.8, 4) is 0 Å². The summed E-state index contributed by atoms with van der Waals surface area (Å²) >= 11 is 0. The number of amides is 3. The number of carbonyl (C=O) groups is 3. The number of primary amides is 1. The smallest absolute Gasteiger partial charge is 0.242 e. The van der Waals surface area contributed by atoms with Crippen molar-refractivity contribution in [3.05, 3.63) is 29.8 Å². The van der Waals surface area contributed by atoms with Gasteiger partial charge in [0, 0.05) is 18.7 Å². The monoisotopic (exact) mass is 317 g/mol. The predicted octanol–water partition coefficient (Wildman–Crippen LogP) is 0.982. The van der Waals surface area contributed by atoms with Crippen LogP contribution in [0.5, 0.6) is 0 Å². The van der Waals surface area contributed by atoms with Gasteiger partial charge in [-0.1, -0.05) is 19.1 Å². The normalized spacial score (nSPS) is 18.1. The summed E-state index contributed by atoms with van der Waals surface area (Å²) in [7, 11) is 0. The van der Waals surface area contributed by atoms with Crippen molar-refractivity contribution >= 4 is 23.4 Å². The van der Waals surface area contributed by atoms with Crippen LogP contribution >= 0.6 is 0 Å². The number of nitrogens with two attached hydrogens (primary N) is 1. The van der Waals surface area contributed by atoms with Crippen LogP contribution in [0.1, 0.15) is 32.8 Å². The van der Waals surface area contributed by atoms with Crippen molar-refractivity contribution in [2.24, 2.45) is 11.7 Å². The minimum absolute atomic E-state index is 0.0877. The van der Waals surface area contributed by atoms with Gasteiger partial charge in [-0.05, 0) is 38.0 Å². The molecule has 23 heavy (non-hydrogen) atoms. The maximum Gasteiger partial charge on any atom is 0.242 e. The number of benzene rings is 1. The van der Waals surface area contributed by atoms with E-state index in [1.165, 1.54) is 0 Å². The van der Waals surface area contributed by atoms with Crippen molar-refractivity contribution in [1.29, 1.82) is 0 Å². The Morgan fingerprint density at radius 3 is 2.70 bits per heavy atom. The van der Waals surface area contributed by atoms with Crippen LogP contribution in [0.25, 0.3) is 0 Å². The molecular weight excluding hydrogens is 294 g/mol. The standard InChI is InChI=1S/C17H23N3O3/c1-4-11-6-5-7-13(8-11)20-10-12(9-14(20)21)15(22)19-17(2,3)16(18)23/h5-8,12H,4,9-10H2,1-3H3,(H2,18,23)(H,19,22). The Morgan fingerprint density at radius 1 is 1.39 bits per heavy atom. The SMILES string of the molecule is CCc1cccc(N2CC(C(=O)NC(C)(C)C(N)=O)CC2=O)c1. The van der Waals surface area contributed by atoms with Gasteiger partial charge < -0.3 is 16.0 Å². The second-order valence-corrected chi connectivity index (χ2v) is 6.41. The van der Waals surface area contributed by atoms with Gasteiger partial charge in [-0.15, -0.1) is 0 Å². The van der Waals surface area contributed by atoms with Crippen LogP contribution in [-0.2, 0) is 20.8 Å². The maximum atomic E-state index is 12.3. The molecule has 1 aliphatic heterocycles. The summed E-state index contributed by atoms with van der Waals surface area (Å²) in [4.78, 5) is 37.5. The van der Waals surface area contributed by atoms with E-state index in [4.69, 9.17) is 5.73 Å². The third-order valence-corrected chi connectivity index (χ3v) is 4.18. The first-order valence-electron chi connectivity index (χ1n) is 7.76. The largest absolute Gasteiger partial charge is 0.368 e. The highest BCUT2D eigenvalue weighted by atomic mass is 16.2. The lowest BCUT2D eigenvalue weighted by atomic mass is 10.0. The van der Waals surface area contributed by atoms with E-state index in [1.54, 1.807) is 18.7 Å². The summed E-state index contributed by atoms with van der Waals surface area (Å²) < 4.78 is 0. The zero-order chi connectivity index (χ0) is 17.2. The van der Waals surface area contributed by atoms with E-state index in [0.717, 1.165) is 17.7 Å². The summed E-state index contributed by atoms with van der Waals surface area (Å²) in [6.45, 7) is 5.46. The minimum atomic E-state index is -1.13. The van der Waals surface area contributed by atoms with Gasteiger partial charge in [-0.2, -0.15) is 0 Å². The highest BCUT2D eigenvalue weighted by Gasteiger charge is 2.38. The van der Waals surface area contributed by atoms with Crippen LogP contribution in [-0.4, -0.2) is 29.8 Å². The van der Waals surface area contributed by atoms with Crippen LogP contribution in [0, 0.1) is 5.92 Å². The number of anilines is 1. The molecule has 0 bridgehead atoms. The topological polar surface area (TPSA) is 92.5 Å². The third-order valence-electron chi connectivity index (χ3n) is 4.18. The molecule has 1 heterocycles. The summed E-state index contributed by atoms with van der Waals surface area (Å²) in [5.41, 5.74) is 6.08. The number of carbonyl (C=O) groups excluding carboxylic acids is 3. The van der Waals surface area contributed by atoms with Crippen LogP contribution < -0.4 is 16.0 Å². The van der Waals surface area contributed by atoms with Crippen LogP contribution in [0.3, 0.4) is 0 Å². The van der Waals surface area contributed by atoms with E-state index >= 15 is 0 Å². The Hall–Kier alpha value is -2.37. The lowest BCUT2D eigenvalue weighted by Crippen LogP contribution is -2.54. The molecule has 0 spiro atoms. The number of nitrogens with one attached hydrogen (secondary N) is 1. The fourth-order valence-electron chi connectivity index (χ4n) is 2.55. The molecule has 3 N–H and O–H groups in total. The Bertz CT molecular complexity index is 640. The van der Waals surface area contributed by atoms with E-state index in [2.05, 4.69) is 5.32 Å². The van der Waals surface area contributed by atoms with Gasteiger partial charge in [-0.25, -0.2) is 0 Å². The molecule has 0 aromatic heterocycles. The highest BCUT2D eigenvalue weighted by Crippen LogP contribution is 2.26. The molecule has 1 saturated heterocycles. The summed E-state index contributed by atoms with van der Waals surface area (Å²) in [5, 5.41) is 2.62. The van der Waals surface area contributed by atoms with Gasteiger partial charge in [0.25, 0.3) is 0 Å². The van der Waals surface area contributed by atoms with Crippen molar-refractivity contribution in [2.75, 3.05) is 11.4 Å². The Labute approximate surface area is 136 Å². The van der Waals surface area contributed by atoms with Crippen LogP contribution in [0.15, 0.2) is 24.3 Å². The summed E-state index contributed by atoms with van der Waals surface area (Å²) in [5.74, 6) is -1.50. The molecule has 1 unspecified atom stereocenters. The minimum Gasteiger partial charge on any atom is -0.368 e. The molecule has 0 aliphatic carbocycles. The van der Waals surface area contributed by atoms with E-state index in [9.17, 15) is 14.4 Å². The van der Waals surface area contributed by atoms with E-state index < -0.39 is 17.4 Å². The molecule has 2 rings (SSSR count). The van der Waals surface area contributed by atoms with E-state index in [1.807, 2.05) is 31.2 Å². The fraction of sp³-hybridized carbons (Fsp3) is 0.471. The molecule has 1 aliphatic rings. The lowest BCUT2D eigenvalue weighted by Gasteiger charge is -2.24. The quantitative estimate of drug-likeness (QED) is 0.848. The van der Waals surface area contributed by atoms with Crippen molar-refractivity contribution in [1.82, 2.24) is 5.32 Å². The number of rotatable bonds is 5. The third kappa shape index (κ3) is 3.70. The molecular formula is C17H23N3O3. The van der Waals surface area contributed by atoms with Crippen LogP contribution in [0.2, 0.25) is 0 Å². The molecule has 1 fully saturated rings. The summed E-state index contributed by atoms with van der Waals surface area (Å²) in [6, 6.07) is 7.74. The first kappa shape index (κ1) is 17.0. The zero-order valence-corrected chi connectivity index (χ0v) is 13.8. The number of hydrogen-bond acceptors (Lipinski definition) is 3. The first-order valence-corrected chi connectivity index (χ1v) is 7.76. The van der Waals surface area contributed by atoms with Gasteiger partial charge in [0.15, 0.2) is 0 Å². The number of aryl methyl sites for hydroxylation is 1. The second-order valence-electron chi connectivity index (χ2n) is 6.41. The number of nitrogens with zero attached hydrogens (tertiary/aromatic N) is 1. The van der Waals surface area contributed by atoms with Gasteiger partial charge >= 0.3 is 0 Å². The Morgan fingerprint density at radius 2 is 2.09 bits per heavy atom. The second kappa shape index (κ2) is 6.40.